The molecule has 0 saturated heterocycles. The molecule has 104 valence electrons. The Bertz CT molecular complexity index is 635. The molecule has 0 aliphatic rings. The lowest BCUT2D eigenvalue weighted by Crippen LogP contribution is -2.26. The minimum Gasteiger partial charge on any atom is -0.398 e. The number of carbonyl (C=O) groups is 1. The van der Waals surface area contributed by atoms with E-state index in [2.05, 4.69) is 13.0 Å². The zero-order valence-corrected chi connectivity index (χ0v) is 12.2. The van der Waals surface area contributed by atoms with E-state index in [1.165, 1.54) is 5.56 Å². The molecule has 0 aliphatic heterocycles. The van der Waals surface area contributed by atoms with Crippen LogP contribution in [0.5, 0.6) is 0 Å². The Balaban J connectivity index is 2.16. The summed E-state index contributed by atoms with van der Waals surface area (Å²) in [6.07, 6.45) is 0. The van der Waals surface area contributed by atoms with E-state index in [-0.39, 0.29) is 5.91 Å². The van der Waals surface area contributed by atoms with Gasteiger partial charge < -0.3 is 10.6 Å². The molecule has 20 heavy (non-hydrogen) atoms. The number of aryl methyl sites for hydroxylation is 2. The van der Waals surface area contributed by atoms with Crippen LogP contribution < -0.4 is 5.73 Å². The van der Waals surface area contributed by atoms with Crippen LogP contribution in [0.3, 0.4) is 0 Å². The number of nitrogens with two attached hydrogens (primary N) is 1. The highest BCUT2D eigenvalue weighted by molar-refractivity contribution is 5.95. The van der Waals surface area contributed by atoms with E-state index in [9.17, 15) is 4.79 Å². The van der Waals surface area contributed by atoms with E-state index < -0.39 is 0 Å². The molecule has 0 radical (unpaired) electrons. The van der Waals surface area contributed by atoms with Crippen molar-refractivity contribution in [3.05, 3.63) is 64.7 Å². The molecule has 0 spiro atoms. The zero-order chi connectivity index (χ0) is 14.7. The van der Waals surface area contributed by atoms with Crippen molar-refractivity contribution in [1.82, 2.24) is 4.90 Å². The van der Waals surface area contributed by atoms with Crippen molar-refractivity contribution in [3.63, 3.8) is 0 Å². The Morgan fingerprint density at radius 3 is 2.45 bits per heavy atom. The van der Waals surface area contributed by atoms with Crippen LogP contribution in [0, 0.1) is 13.8 Å². The second-order valence-corrected chi connectivity index (χ2v) is 5.16. The first-order valence-corrected chi connectivity index (χ1v) is 6.65. The van der Waals surface area contributed by atoms with Gasteiger partial charge in [-0.2, -0.15) is 0 Å². The van der Waals surface area contributed by atoms with Crippen LogP contribution in [0.15, 0.2) is 42.5 Å². The summed E-state index contributed by atoms with van der Waals surface area (Å²) in [5.41, 5.74) is 10.5. The number of amides is 1. The number of hydrogen-bond acceptors (Lipinski definition) is 2. The molecule has 0 saturated carbocycles. The Labute approximate surface area is 120 Å². The van der Waals surface area contributed by atoms with Gasteiger partial charge in [0.2, 0.25) is 0 Å². The highest BCUT2D eigenvalue weighted by atomic mass is 16.2. The fourth-order valence-electron chi connectivity index (χ4n) is 2.11. The van der Waals surface area contributed by atoms with Gasteiger partial charge in [0.1, 0.15) is 0 Å². The molecule has 2 rings (SSSR count). The standard InChI is InChI=1S/C17H20N2O/c1-12-6-4-5-7-15(12)11-19(3)17(20)14-9-8-13(2)16(18)10-14/h4-10H,11,18H2,1-3H3. The highest BCUT2D eigenvalue weighted by Gasteiger charge is 2.13. The molecule has 3 nitrogen and oxygen atoms in total. The first-order valence-electron chi connectivity index (χ1n) is 6.65. The maximum Gasteiger partial charge on any atom is 0.253 e. The van der Waals surface area contributed by atoms with Crippen molar-refractivity contribution >= 4 is 11.6 Å². The Morgan fingerprint density at radius 1 is 1.10 bits per heavy atom. The summed E-state index contributed by atoms with van der Waals surface area (Å²) in [5, 5.41) is 0. The van der Waals surface area contributed by atoms with Crippen molar-refractivity contribution in [3.8, 4) is 0 Å². The lowest BCUT2D eigenvalue weighted by atomic mass is 10.1. The summed E-state index contributed by atoms with van der Waals surface area (Å²) >= 11 is 0. The van der Waals surface area contributed by atoms with Gasteiger partial charge >= 0.3 is 0 Å². The molecule has 2 aromatic carbocycles. The van der Waals surface area contributed by atoms with Crippen LogP contribution in [0.1, 0.15) is 27.0 Å². The van der Waals surface area contributed by atoms with E-state index in [4.69, 9.17) is 5.73 Å². The third-order valence-electron chi connectivity index (χ3n) is 3.54. The Morgan fingerprint density at radius 2 is 1.80 bits per heavy atom. The molecule has 0 unspecified atom stereocenters. The summed E-state index contributed by atoms with van der Waals surface area (Å²) in [4.78, 5) is 14.1. The van der Waals surface area contributed by atoms with E-state index in [0.29, 0.717) is 17.8 Å². The average molecular weight is 268 g/mol. The predicted molar refractivity (Wildman–Crippen MR) is 82.6 cm³/mol. The van der Waals surface area contributed by atoms with Crippen LogP contribution in [0.2, 0.25) is 0 Å². The van der Waals surface area contributed by atoms with Gasteiger partial charge in [-0.25, -0.2) is 0 Å². The normalized spacial score (nSPS) is 10.3. The number of anilines is 1. The first kappa shape index (κ1) is 14.1. The second-order valence-electron chi connectivity index (χ2n) is 5.16. The van der Waals surface area contributed by atoms with Gasteiger partial charge in [0.15, 0.2) is 0 Å². The monoisotopic (exact) mass is 268 g/mol. The quantitative estimate of drug-likeness (QED) is 0.869. The zero-order valence-electron chi connectivity index (χ0n) is 12.2. The van der Waals surface area contributed by atoms with Gasteiger partial charge in [-0.05, 0) is 42.7 Å². The minimum atomic E-state index is -0.0139. The van der Waals surface area contributed by atoms with Crippen LogP contribution in [0.25, 0.3) is 0 Å². The molecule has 0 aromatic heterocycles. The number of nitrogen functional groups attached to an aromatic ring is 1. The number of hydrogen-bond donors (Lipinski definition) is 1. The fourth-order valence-corrected chi connectivity index (χ4v) is 2.11. The molecular formula is C17H20N2O. The highest BCUT2D eigenvalue weighted by Crippen LogP contribution is 2.16. The molecule has 0 atom stereocenters. The molecule has 0 fully saturated rings. The molecule has 1 amide bonds. The van der Waals surface area contributed by atoms with Crippen molar-refractivity contribution < 1.29 is 4.79 Å². The molecule has 0 heterocycles. The van der Waals surface area contributed by atoms with Crippen molar-refractivity contribution in [2.24, 2.45) is 0 Å². The third kappa shape index (κ3) is 2.99. The van der Waals surface area contributed by atoms with Crippen LogP contribution in [-0.4, -0.2) is 17.9 Å². The van der Waals surface area contributed by atoms with E-state index >= 15 is 0 Å². The van der Waals surface area contributed by atoms with Gasteiger partial charge in [0.25, 0.3) is 5.91 Å². The summed E-state index contributed by atoms with van der Waals surface area (Å²) in [7, 11) is 1.81. The lowest BCUT2D eigenvalue weighted by Gasteiger charge is -2.19. The first-order chi connectivity index (χ1) is 9.49. The largest absolute Gasteiger partial charge is 0.398 e. The van der Waals surface area contributed by atoms with Gasteiger partial charge in [0, 0.05) is 24.8 Å². The third-order valence-corrected chi connectivity index (χ3v) is 3.54. The summed E-state index contributed by atoms with van der Waals surface area (Å²) < 4.78 is 0. The van der Waals surface area contributed by atoms with E-state index in [1.807, 2.05) is 44.3 Å². The molecular weight excluding hydrogens is 248 g/mol. The summed E-state index contributed by atoms with van der Waals surface area (Å²) in [6, 6.07) is 13.5. The summed E-state index contributed by atoms with van der Waals surface area (Å²) in [5.74, 6) is -0.0139. The van der Waals surface area contributed by atoms with Crippen LogP contribution in [-0.2, 0) is 6.54 Å². The number of nitrogens with zero attached hydrogens (tertiary/aromatic N) is 1. The average Bonchev–Trinajstić information content (AvgIpc) is 2.43. The molecule has 0 bridgehead atoms. The molecule has 0 aliphatic carbocycles. The van der Waals surface area contributed by atoms with Gasteiger partial charge in [-0.3, -0.25) is 4.79 Å². The predicted octanol–water partition coefficient (Wildman–Crippen LogP) is 3.16. The fraction of sp³-hybridized carbons (Fsp3) is 0.235. The second kappa shape index (κ2) is 5.78. The van der Waals surface area contributed by atoms with Crippen molar-refractivity contribution in [1.29, 1.82) is 0 Å². The maximum absolute atomic E-state index is 12.4. The molecule has 2 N–H and O–H groups in total. The van der Waals surface area contributed by atoms with E-state index in [0.717, 1.165) is 11.1 Å². The Kier molecular flexibility index (Phi) is 4.08. The smallest absolute Gasteiger partial charge is 0.253 e. The number of rotatable bonds is 3. The van der Waals surface area contributed by atoms with Gasteiger partial charge in [-0.1, -0.05) is 30.3 Å². The lowest BCUT2D eigenvalue weighted by molar-refractivity contribution is 0.0785. The number of benzene rings is 2. The van der Waals surface area contributed by atoms with Gasteiger partial charge in [0.05, 0.1) is 0 Å². The minimum absolute atomic E-state index is 0.0139. The van der Waals surface area contributed by atoms with E-state index in [1.54, 1.807) is 11.0 Å². The van der Waals surface area contributed by atoms with Gasteiger partial charge in [-0.15, -0.1) is 0 Å². The maximum atomic E-state index is 12.4. The SMILES string of the molecule is Cc1ccc(C(=O)N(C)Cc2ccccc2C)cc1N. The number of carbonyl (C=O) groups excluding carboxylic acids is 1. The topological polar surface area (TPSA) is 46.3 Å². The molecule has 3 heteroatoms. The van der Waals surface area contributed by atoms with Crippen LogP contribution >= 0.6 is 0 Å². The van der Waals surface area contributed by atoms with Crippen molar-refractivity contribution in [2.45, 2.75) is 20.4 Å². The molecule has 2 aromatic rings. The van der Waals surface area contributed by atoms with Crippen molar-refractivity contribution in [2.75, 3.05) is 12.8 Å². The van der Waals surface area contributed by atoms with Crippen LogP contribution in [0.4, 0.5) is 5.69 Å². The summed E-state index contributed by atoms with van der Waals surface area (Å²) in [6.45, 7) is 4.58. The Hall–Kier alpha value is -2.29.